The monoisotopic (exact) mass is 269 g/mol. The van der Waals surface area contributed by atoms with Gasteiger partial charge in [0.1, 0.15) is 5.82 Å². The molecule has 1 aromatic carbocycles. The lowest BCUT2D eigenvalue weighted by molar-refractivity contribution is 0.549. The summed E-state index contributed by atoms with van der Waals surface area (Å²) in [7, 11) is 0. The molecule has 1 nitrogen and oxygen atoms in total. The van der Waals surface area contributed by atoms with Crippen molar-refractivity contribution < 1.29 is 4.39 Å². The van der Waals surface area contributed by atoms with Gasteiger partial charge in [0.15, 0.2) is 0 Å². The molecule has 0 heterocycles. The van der Waals surface area contributed by atoms with Gasteiger partial charge in [-0.1, -0.05) is 32.9 Å². The highest BCUT2D eigenvalue weighted by Crippen LogP contribution is 2.14. The third-order valence-electron chi connectivity index (χ3n) is 2.71. The summed E-state index contributed by atoms with van der Waals surface area (Å²) in [6.45, 7) is 7.67. The zero-order chi connectivity index (χ0) is 13.4. The van der Waals surface area contributed by atoms with E-state index in [-0.39, 0.29) is 5.82 Å². The Hall–Kier alpha value is -0.540. The molecule has 3 heteroatoms. The van der Waals surface area contributed by atoms with Crippen LogP contribution in [0, 0.1) is 5.82 Å². The molecule has 0 spiro atoms. The first-order chi connectivity index (χ1) is 8.61. The smallest absolute Gasteiger partial charge is 0.123 e. The molecule has 102 valence electrons. The molecular formula is C15H24FNS. The molecule has 1 rings (SSSR count). The van der Waals surface area contributed by atoms with Crippen LogP contribution in [-0.4, -0.2) is 23.6 Å². The van der Waals surface area contributed by atoms with Gasteiger partial charge in [0, 0.05) is 11.8 Å². The maximum Gasteiger partial charge on any atom is 0.123 e. The van der Waals surface area contributed by atoms with Crippen molar-refractivity contribution >= 4 is 11.8 Å². The summed E-state index contributed by atoms with van der Waals surface area (Å²) in [6, 6.07) is 7.33. The Morgan fingerprint density at radius 1 is 1.22 bits per heavy atom. The molecule has 0 saturated heterocycles. The standard InChI is InChI=1S/C15H24FNS/c1-4-9-17-15(11-18-12(2)3)10-13-5-7-14(16)8-6-13/h5-8,12,15,17H,4,9-11H2,1-3H3. The zero-order valence-electron chi connectivity index (χ0n) is 11.6. The quantitative estimate of drug-likeness (QED) is 0.768. The van der Waals surface area contributed by atoms with E-state index in [9.17, 15) is 4.39 Å². The predicted octanol–water partition coefficient (Wildman–Crippen LogP) is 3.88. The zero-order valence-corrected chi connectivity index (χ0v) is 12.4. The second-order valence-corrected chi connectivity index (χ2v) is 6.47. The van der Waals surface area contributed by atoms with Crippen molar-refractivity contribution in [3.05, 3.63) is 35.6 Å². The van der Waals surface area contributed by atoms with Crippen molar-refractivity contribution in [3.63, 3.8) is 0 Å². The van der Waals surface area contributed by atoms with Crippen LogP contribution in [0.25, 0.3) is 0 Å². The second-order valence-electron chi connectivity index (χ2n) is 4.86. The van der Waals surface area contributed by atoms with E-state index in [1.165, 1.54) is 5.56 Å². The number of rotatable bonds is 8. The lowest BCUT2D eigenvalue weighted by Gasteiger charge is -2.19. The molecule has 0 aliphatic heterocycles. The second kappa shape index (κ2) is 8.54. The first-order valence-electron chi connectivity index (χ1n) is 6.71. The van der Waals surface area contributed by atoms with Crippen molar-refractivity contribution in [2.75, 3.05) is 12.3 Å². The summed E-state index contributed by atoms with van der Waals surface area (Å²) in [5.74, 6) is 0.947. The number of hydrogen-bond acceptors (Lipinski definition) is 2. The Labute approximate surface area is 115 Å². The van der Waals surface area contributed by atoms with Gasteiger partial charge in [-0.3, -0.25) is 0 Å². The average Bonchev–Trinajstić information content (AvgIpc) is 2.35. The van der Waals surface area contributed by atoms with Crippen molar-refractivity contribution in [3.8, 4) is 0 Å². The number of benzene rings is 1. The largest absolute Gasteiger partial charge is 0.313 e. The van der Waals surface area contributed by atoms with Crippen LogP contribution in [0.2, 0.25) is 0 Å². The molecular weight excluding hydrogens is 245 g/mol. The Balaban J connectivity index is 2.50. The van der Waals surface area contributed by atoms with Gasteiger partial charge in [-0.25, -0.2) is 4.39 Å². The number of thioether (sulfide) groups is 1. The lowest BCUT2D eigenvalue weighted by Crippen LogP contribution is -2.34. The minimum Gasteiger partial charge on any atom is -0.313 e. The third kappa shape index (κ3) is 6.41. The highest BCUT2D eigenvalue weighted by molar-refractivity contribution is 7.99. The summed E-state index contributed by atoms with van der Waals surface area (Å²) in [5, 5.41) is 4.23. The fourth-order valence-corrected chi connectivity index (χ4v) is 2.61. The van der Waals surface area contributed by atoms with E-state index in [0.29, 0.717) is 11.3 Å². The molecule has 1 unspecified atom stereocenters. The van der Waals surface area contributed by atoms with Crippen LogP contribution >= 0.6 is 11.8 Å². The summed E-state index contributed by atoms with van der Waals surface area (Å²) in [5.41, 5.74) is 1.20. The van der Waals surface area contributed by atoms with Crippen LogP contribution in [-0.2, 0) is 6.42 Å². The summed E-state index contributed by atoms with van der Waals surface area (Å²) < 4.78 is 12.9. The molecule has 0 saturated carbocycles. The summed E-state index contributed by atoms with van der Waals surface area (Å²) >= 11 is 1.98. The molecule has 0 amide bonds. The van der Waals surface area contributed by atoms with E-state index in [2.05, 4.69) is 26.1 Å². The normalized spacial score (nSPS) is 12.9. The van der Waals surface area contributed by atoms with Crippen LogP contribution in [0.4, 0.5) is 4.39 Å². The van der Waals surface area contributed by atoms with Crippen molar-refractivity contribution in [1.29, 1.82) is 0 Å². The SMILES string of the molecule is CCCNC(CSC(C)C)Cc1ccc(F)cc1. The van der Waals surface area contributed by atoms with Crippen LogP contribution in [0.3, 0.4) is 0 Å². The maximum atomic E-state index is 12.9. The van der Waals surface area contributed by atoms with E-state index in [0.717, 1.165) is 25.1 Å². The summed E-state index contributed by atoms with van der Waals surface area (Å²) in [6.07, 6.45) is 2.12. The van der Waals surface area contributed by atoms with Gasteiger partial charge in [-0.2, -0.15) is 11.8 Å². The molecule has 1 aromatic rings. The van der Waals surface area contributed by atoms with E-state index in [1.807, 2.05) is 23.9 Å². The summed E-state index contributed by atoms with van der Waals surface area (Å²) in [4.78, 5) is 0. The van der Waals surface area contributed by atoms with E-state index in [4.69, 9.17) is 0 Å². The molecule has 0 fully saturated rings. The van der Waals surface area contributed by atoms with Crippen molar-refractivity contribution in [2.45, 2.75) is 44.9 Å². The van der Waals surface area contributed by atoms with Gasteiger partial charge < -0.3 is 5.32 Å². The Morgan fingerprint density at radius 3 is 2.44 bits per heavy atom. The van der Waals surface area contributed by atoms with Gasteiger partial charge in [0.05, 0.1) is 0 Å². The minimum absolute atomic E-state index is 0.159. The number of halogens is 1. The van der Waals surface area contributed by atoms with Crippen molar-refractivity contribution in [2.24, 2.45) is 0 Å². The predicted molar refractivity (Wildman–Crippen MR) is 79.8 cm³/mol. The lowest BCUT2D eigenvalue weighted by atomic mass is 10.1. The van der Waals surface area contributed by atoms with Gasteiger partial charge in [-0.15, -0.1) is 0 Å². The topological polar surface area (TPSA) is 12.0 Å². The van der Waals surface area contributed by atoms with Crippen LogP contribution in [0.5, 0.6) is 0 Å². The molecule has 0 aliphatic carbocycles. The van der Waals surface area contributed by atoms with Gasteiger partial charge in [-0.05, 0) is 42.3 Å². The third-order valence-corrected chi connectivity index (χ3v) is 3.97. The molecule has 18 heavy (non-hydrogen) atoms. The number of hydrogen-bond donors (Lipinski definition) is 1. The molecule has 0 bridgehead atoms. The van der Waals surface area contributed by atoms with Crippen LogP contribution in [0.1, 0.15) is 32.8 Å². The van der Waals surface area contributed by atoms with Gasteiger partial charge in [0.2, 0.25) is 0 Å². The van der Waals surface area contributed by atoms with Crippen LogP contribution in [0.15, 0.2) is 24.3 Å². The van der Waals surface area contributed by atoms with Crippen molar-refractivity contribution in [1.82, 2.24) is 5.32 Å². The van der Waals surface area contributed by atoms with E-state index >= 15 is 0 Å². The molecule has 0 aromatic heterocycles. The van der Waals surface area contributed by atoms with Crippen LogP contribution < -0.4 is 5.32 Å². The fraction of sp³-hybridized carbons (Fsp3) is 0.600. The minimum atomic E-state index is -0.159. The first-order valence-corrected chi connectivity index (χ1v) is 7.76. The molecule has 0 aliphatic rings. The van der Waals surface area contributed by atoms with E-state index in [1.54, 1.807) is 12.1 Å². The highest BCUT2D eigenvalue weighted by atomic mass is 32.2. The Morgan fingerprint density at radius 2 is 1.89 bits per heavy atom. The first kappa shape index (κ1) is 15.5. The molecule has 1 atom stereocenters. The molecule has 0 radical (unpaired) electrons. The maximum absolute atomic E-state index is 12.9. The highest BCUT2D eigenvalue weighted by Gasteiger charge is 2.10. The Bertz CT molecular complexity index is 324. The average molecular weight is 269 g/mol. The van der Waals surface area contributed by atoms with Gasteiger partial charge in [0.25, 0.3) is 0 Å². The van der Waals surface area contributed by atoms with E-state index < -0.39 is 0 Å². The fourth-order valence-electron chi connectivity index (χ4n) is 1.75. The van der Waals surface area contributed by atoms with Gasteiger partial charge >= 0.3 is 0 Å². The Kier molecular flexibility index (Phi) is 7.36. The number of nitrogens with one attached hydrogen (secondary N) is 1. The molecule has 1 N–H and O–H groups in total.